The zero-order chi connectivity index (χ0) is 17.9. The van der Waals surface area contributed by atoms with Crippen LogP contribution in [-0.4, -0.2) is 18.7 Å². The Balaban J connectivity index is 2.32. The summed E-state index contributed by atoms with van der Waals surface area (Å²) in [5, 5.41) is 2.37. The fraction of sp³-hybridized carbons (Fsp3) is 0.263. The van der Waals surface area contributed by atoms with Gasteiger partial charge in [0.2, 0.25) is 0 Å². The van der Waals surface area contributed by atoms with E-state index in [0.717, 1.165) is 26.0 Å². The molecule has 0 atom stereocenters. The smallest absolute Gasteiger partial charge is 0.292 e. The molecular weight excluding hydrogens is 417 g/mol. The lowest BCUT2D eigenvalue weighted by molar-refractivity contribution is -0.116. The van der Waals surface area contributed by atoms with Gasteiger partial charge in [-0.15, -0.1) is 0 Å². The van der Waals surface area contributed by atoms with E-state index < -0.39 is 11.7 Å². The molecule has 2 rings (SSSR count). The summed E-state index contributed by atoms with van der Waals surface area (Å²) in [6, 6.07) is 9.40. The molecule has 2 aromatic rings. The number of amides is 1. The van der Waals surface area contributed by atoms with Crippen LogP contribution in [0.3, 0.4) is 0 Å². The van der Waals surface area contributed by atoms with Crippen LogP contribution in [0, 0.1) is 24.3 Å². The lowest BCUT2D eigenvalue weighted by atomic mass is 10.0. The largest absolute Gasteiger partial charge is 0.489 e. The Labute approximate surface area is 155 Å². The summed E-state index contributed by atoms with van der Waals surface area (Å²) in [5.41, 5.74) is 4.51. The average Bonchev–Trinajstić information content (AvgIpc) is 2.56. The molecule has 126 valence electrons. The van der Waals surface area contributed by atoms with Crippen LogP contribution < -0.4 is 10.1 Å². The van der Waals surface area contributed by atoms with Gasteiger partial charge in [0, 0.05) is 21.7 Å². The molecule has 0 aliphatic carbocycles. The maximum atomic E-state index is 12.3. The summed E-state index contributed by atoms with van der Waals surface area (Å²) in [6.45, 7) is 6.33. The highest BCUT2D eigenvalue weighted by Crippen LogP contribution is 2.25. The van der Waals surface area contributed by atoms with Crippen molar-refractivity contribution in [1.82, 2.24) is 5.32 Å². The Morgan fingerprint density at radius 3 is 2.42 bits per heavy atom. The van der Waals surface area contributed by atoms with E-state index in [-0.39, 0.29) is 6.61 Å². The van der Waals surface area contributed by atoms with Crippen molar-refractivity contribution in [3.8, 4) is 5.75 Å². The minimum Gasteiger partial charge on any atom is -0.489 e. The highest BCUT2D eigenvalue weighted by atomic mass is 127. The van der Waals surface area contributed by atoms with Gasteiger partial charge >= 0.3 is 0 Å². The molecule has 1 N–H and O–H groups in total. The second-order valence-corrected chi connectivity index (χ2v) is 6.83. The number of aryl methyl sites for hydroxylation is 3. The maximum Gasteiger partial charge on any atom is 0.292 e. The fourth-order valence-electron chi connectivity index (χ4n) is 2.39. The Bertz CT molecular complexity index is 799. The summed E-state index contributed by atoms with van der Waals surface area (Å²) < 4.78 is 6.85. The number of hydrogen-bond acceptors (Lipinski definition) is 3. The van der Waals surface area contributed by atoms with E-state index in [9.17, 15) is 9.59 Å². The van der Waals surface area contributed by atoms with Crippen molar-refractivity contribution >= 4 is 34.3 Å². The van der Waals surface area contributed by atoms with Gasteiger partial charge in [-0.3, -0.25) is 9.59 Å². The second kappa shape index (κ2) is 7.79. The average molecular weight is 437 g/mol. The summed E-state index contributed by atoms with van der Waals surface area (Å²) >= 11 is 2.15. The standard InChI is InChI=1S/C19H20INO3/c1-11-8-13(3)17(9-12(11)2)24-10-15-14(6-5-7-16(15)20)18(22)19(23)21-4/h5-9H,10H2,1-4H3,(H,21,23). The fourth-order valence-corrected chi connectivity index (χ4v) is 3.05. The van der Waals surface area contributed by atoms with Crippen molar-refractivity contribution in [3.05, 3.63) is 61.7 Å². The van der Waals surface area contributed by atoms with Gasteiger partial charge < -0.3 is 10.1 Å². The second-order valence-electron chi connectivity index (χ2n) is 5.66. The van der Waals surface area contributed by atoms with Gasteiger partial charge in [0.1, 0.15) is 12.4 Å². The molecule has 1 amide bonds. The van der Waals surface area contributed by atoms with E-state index in [1.165, 1.54) is 12.6 Å². The quantitative estimate of drug-likeness (QED) is 0.441. The van der Waals surface area contributed by atoms with Gasteiger partial charge in [-0.05, 0) is 72.2 Å². The summed E-state index contributed by atoms with van der Waals surface area (Å²) in [6.07, 6.45) is 0. The number of benzene rings is 2. The molecular formula is C19H20INO3. The number of Topliss-reactive ketones (excluding diaryl/α,β-unsaturated/α-hetero) is 1. The lowest BCUT2D eigenvalue weighted by Crippen LogP contribution is -2.28. The first-order valence-electron chi connectivity index (χ1n) is 7.59. The highest BCUT2D eigenvalue weighted by Gasteiger charge is 2.20. The van der Waals surface area contributed by atoms with Crippen molar-refractivity contribution in [2.75, 3.05) is 7.05 Å². The maximum absolute atomic E-state index is 12.3. The van der Waals surface area contributed by atoms with Crippen molar-refractivity contribution in [3.63, 3.8) is 0 Å². The zero-order valence-electron chi connectivity index (χ0n) is 14.2. The van der Waals surface area contributed by atoms with E-state index in [1.807, 2.05) is 26.0 Å². The molecule has 0 heterocycles. The van der Waals surface area contributed by atoms with Crippen molar-refractivity contribution < 1.29 is 14.3 Å². The first kappa shape index (κ1) is 18.4. The highest BCUT2D eigenvalue weighted by molar-refractivity contribution is 14.1. The van der Waals surface area contributed by atoms with Crippen LogP contribution in [0.1, 0.15) is 32.6 Å². The number of nitrogens with one attached hydrogen (secondary N) is 1. The lowest BCUT2D eigenvalue weighted by Gasteiger charge is -2.15. The number of ketones is 1. The third-order valence-electron chi connectivity index (χ3n) is 3.96. The first-order chi connectivity index (χ1) is 11.3. The molecule has 4 nitrogen and oxygen atoms in total. The first-order valence-corrected chi connectivity index (χ1v) is 8.67. The van der Waals surface area contributed by atoms with Crippen LogP contribution in [0.4, 0.5) is 0 Å². The number of hydrogen-bond donors (Lipinski definition) is 1. The number of carbonyl (C=O) groups is 2. The van der Waals surface area contributed by atoms with E-state index in [2.05, 4.69) is 40.9 Å². The van der Waals surface area contributed by atoms with E-state index in [4.69, 9.17) is 4.74 Å². The minimum absolute atomic E-state index is 0.237. The Morgan fingerprint density at radius 1 is 1.08 bits per heavy atom. The number of likely N-dealkylation sites (N-methyl/N-ethyl adjacent to an activating group) is 1. The molecule has 0 radical (unpaired) electrons. The Hall–Kier alpha value is -1.89. The predicted molar refractivity (Wildman–Crippen MR) is 103 cm³/mol. The molecule has 0 aliphatic rings. The van der Waals surface area contributed by atoms with Gasteiger partial charge in [0.25, 0.3) is 11.7 Å². The monoisotopic (exact) mass is 437 g/mol. The topological polar surface area (TPSA) is 55.4 Å². The van der Waals surface area contributed by atoms with E-state index in [0.29, 0.717) is 5.56 Å². The normalized spacial score (nSPS) is 10.4. The predicted octanol–water partition coefficient (Wildman–Crippen LogP) is 3.72. The summed E-state index contributed by atoms with van der Waals surface area (Å²) in [5.74, 6) is -0.386. The summed E-state index contributed by atoms with van der Waals surface area (Å²) in [7, 11) is 1.45. The van der Waals surface area contributed by atoms with Gasteiger partial charge in [0.05, 0.1) is 0 Å². The van der Waals surface area contributed by atoms with Crippen LogP contribution in [0.15, 0.2) is 30.3 Å². The Kier molecular flexibility index (Phi) is 5.99. The molecule has 0 saturated heterocycles. The van der Waals surface area contributed by atoms with Crippen LogP contribution in [-0.2, 0) is 11.4 Å². The SMILES string of the molecule is CNC(=O)C(=O)c1cccc(I)c1COc1cc(C)c(C)cc1C. The molecule has 24 heavy (non-hydrogen) atoms. The minimum atomic E-state index is -0.624. The van der Waals surface area contributed by atoms with Crippen LogP contribution in [0.25, 0.3) is 0 Å². The molecule has 0 bridgehead atoms. The van der Waals surface area contributed by atoms with E-state index >= 15 is 0 Å². The van der Waals surface area contributed by atoms with Crippen molar-refractivity contribution in [1.29, 1.82) is 0 Å². The zero-order valence-corrected chi connectivity index (χ0v) is 16.4. The third-order valence-corrected chi connectivity index (χ3v) is 4.97. The molecule has 0 aromatic heterocycles. The van der Waals surface area contributed by atoms with Crippen LogP contribution in [0.5, 0.6) is 5.75 Å². The Morgan fingerprint density at radius 2 is 1.75 bits per heavy atom. The van der Waals surface area contributed by atoms with Crippen LogP contribution in [0.2, 0.25) is 0 Å². The molecule has 0 spiro atoms. The van der Waals surface area contributed by atoms with Gasteiger partial charge in [-0.25, -0.2) is 0 Å². The van der Waals surface area contributed by atoms with Gasteiger partial charge in [-0.2, -0.15) is 0 Å². The molecule has 0 unspecified atom stereocenters. The van der Waals surface area contributed by atoms with Gasteiger partial charge in [-0.1, -0.05) is 18.2 Å². The molecule has 2 aromatic carbocycles. The molecule has 0 saturated carbocycles. The van der Waals surface area contributed by atoms with Crippen molar-refractivity contribution in [2.45, 2.75) is 27.4 Å². The molecule has 0 aliphatic heterocycles. The number of carbonyl (C=O) groups excluding carboxylic acids is 2. The number of ether oxygens (including phenoxy) is 1. The molecule has 5 heteroatoms. The van der Waals surface area contributed by atoms with Crippen molar-refractivity contribution in [2.24, 2.45) is 0 Å². The van der Waals surface area contributed by atoms with Gasteiger partial charge in [0.15, 0.2) is 0 Å². The molecule has 0 fully saturated rings. The number of halogens is 1. The van der Waals surface area contributed by atoms with E-state index in [1.54, 1.807) is 12.1 Å². The summed E-state index contributed by atoms with van der Waals surface area (Å²) in [4.78, 5) is 23.9. The number of rotatable bonds is 5. The third kappa shape index (κ3) is 3.95. The van der Waals surface area contributed by atoms with Crippen LogP contribution >= 0.6 is 22.6 Å².